The molecule has 0 saturated carbocycles. The Morgan fingerprint density at radius 3 is 2.52 bits per heavy atom. The lowest BCUT2D eigenvalue weighted by molar-refractivity contribution is 0.0269. The molecule has 3 rings (SSSR count). The molecule has 23 heavy (non-hydrogen) atoms. The predicted molar refractivity (Wildman–Crippen MR) is 92.7 cm³/mol. The minimum atomic E-state index is -0.421. The average Bonchev–Trinajstić information content (AvgIpc) is 2.90. The molecule has 4 nitrogen and oxygen atoms in total. The second-order valence-corrected chi connectivity index (χ2v) is 8.01. The van der Waals surface area contributed by atoms with Crippen LogP contribution in [0.15, 0.2) is 30.3 Å². The maximum Gasteiger partial charge on any atom is 0.410 e. The second kappa shape index (κ2) is 6.06. The molecule has 1 aromatic carbocycles. The number of anilines is 1. The maximum absolute atomic E-state index is 12.3. The van der Waals surface area contributed by atoms with Gasteiger partial charge in [-0.2, -0.15) is 0 Å². The Bertz CT molecular complexity index is 552. The van der Waals surface area contributed by atoms with E-state index in [9.17, 15) is 4.79 Å². The van der Waals surface area contributed by atoms with Crippen LogP contribution in [0, 0.1) is 5.41 Å². The first-order valence-corrected chi connectivity index (χ1v) is 8.65. The molecule has 0 bridgehead atoms. The number of rotatable bonds is 1. The van der Waals surface area contributed by atoms with E-state index in [0.717, 1.165) is 32.6 Å². The van der Waals surface area contributed by atoms with Gasteiger partial charge in [0.15, 0.2) is 0 Å². The van der Waals surface area contributed by atoms with Gasteiger partial charge in [-0.25, -0.2) is 4.79 Å². The molecule has 0 aliphatic carbocycles. The summed E-state index contributed by atoms with van der Waals surface area (Å²) in [4.78, 5) is 16.7. The topological polar surface area (TPSA) is 32.8 Å². The zero-order valence-electron chi connectivity index (χ0n) is 14.5. The minimum absolute atomic E-state index is 0.161. The molecule has 1 spiro atoms. The summed E-state index contributed by atoms with van der Waals surface area (Å²) in [6.07, 6.45) is 3.31. The van der Waals surface area contributed by atoms with Crippen molar-refractivity contribution in [2.24, 2.45) is 5.41 Å². The number of amides is 1. The number of piperidine rings is 1. The van der Waals surface area contributed by atoms with Gasteiger partial charge in [-0.05, 0) is 52.2 Å². The third-order valence-corrected chi connectivity index (χ3v) is 4.87. The van der Waals surface area contributed by atoms with Crippen molar-refractivity contribution in [2.45, 2.75) is 45.6 Å². The van der Waals surface area contributed by atoms with Crippen LogP contribution < -0.4 is 4.90 Å². The summed E-state index contributed by atoms with van der Waals surface area (Å²) in [6, 6.07) is 10.6. The van der Waals surface area contributed by atoms with E-state index in [-0.39, 0.29) is 11.5 Å². The van der Waals surface area contributed by atoms with Crippen molar-refractivity contribution in [1.82, 2.24) is 4.90 Å². The summed E-state index contributed by atoms with van der Waals surface area (Å²) in [7, 11) is 0. The normalized spacial score (nSPS) is 25.0. The molecule has 2 aliphatic heterocycles. The number of hydrogen-bond acceptors (Lipinski definition) is 3. The molecule has 2 aliphatic rings. The first kappa shape index (κ1) is 16.2. The van der Waals surface area contributed by atoms with Crippen molar-refractivity contribution >= 4 is 11.8 Å². The molecular formula is C19H28N2O2. The number of ether oxygens (including phenoxy) is 1. The maximum atomic E-state index is 12.3. The first-order chi connectivity index (χ1) is 10.9. The minimum Gasteiger partial charge on any atom is -0.444 e. The molecule has 1 unspecified atom stereocenters. The van der Waals surface area contributed by atoms with Gasteiger partial charge < -0.3 is 14.5 Å². The molecule has 2 heterocycles. The number of carbonyl (C=O) groups excluding carboxylic acids is 1. The molecule has 2 fully saturated rings. The van der Waals surface area contributed by atoms with Gasteiger partial charge in [-0.1, -0.05) is 18.2 Å². The van der Waals surface area contributed by atoms with Gasteiger partial charge in [-0.3, -0.25) is 0 Å². The van der Waals surface area contributed by atoms with Crippen LogP contribution in [-0.2, 0) is 4.74 Å². The van der Waals surface area contributed by atoms with Crippen LogP contribution in [0.3, 0.4) is 0 Å². The number of para-hydroxylation sites is 1. The van der Waals surface area contributed by atoms with Gasteiger partial charge in [-0.15, -0.1) is 0 Å². The SMILES string of the molecule is CC(C)(C)OC(=O)N1CCC2(CCCN(c3ccccc3)C2)C1. The molecule has 1 atom stereocenters. The van der Waals surface area contributed by atoms with Gasteiger partial charge in [0.05, 0.1) is 0 Å². The quantitative estimate of drug-likeness (QED) is 0.787. The largest absolute Gasteiger partial charge is 0.444 e. The molecule has 4 heteroatoms. The summed E-state index contributed by atoms with van der Waals surface area (Å²) in [5, 5.41) is 0. The van der Waals surface area contributed by atoms with E-state index in [2.05, 4.69) is 35.2 Å². The molecule has 126 valence electrons. The van der Waals surface area contributed by atoms with E-state index >= 15 is 0 Å². The van der Waals surface area contributed by atoms with Crippen molar-refractivity contribution in [3.05, 3.63) is 30.3 Å². The predicted octanol–water partition coefficient (Wildman–Crippen LogP) is 3.91. The Balaban J connectivity index is 1.65. The van der Waals surface area contributed by atoms with E-state index in [1.54, 1.807) is 0 Å². The Hall–Kier alpha value is -1.71. The second-order valence-electron chi connectivity index (χ2n) is 8.01. The van der Waals surface area contributed by atoms with Crippen LogP contribution >= 0.6 is 0 Å². The molecule has 1 amide bonds. The van der Waals surface area contributed by atoms with E-state index in [1.807, 2.05) is 25.7 Å². The summed E-state index contributed by atoms with van der Waals surface area (Å²) >= 11 is 0. The van der Waals surface area contributed by atoms with Crippen molar-refractivity contribution in [2.75, 3.05) is 31.1 Å². The van der Waals surface area contributed by atoms with Crippen molar-refractivity contribution in [1.29, 1.82) is 0 Å². The molecule has 0 N–H and O–H groups in total. The standard InChI is InChI=1S/C19H28N2O2/c1-18(2,3)23-17(22)21-13-11-19(15-21)10-7-12-20(14-19)16-8-5-4-6-9-16/h4-6,8-9H,7,10-15H2,1-3H3. The number of carbonyl (C=O) groups is 1. The lowest BCUT2D eigenvalue weighted by atomic mass is 9.79. The summed E-state index contributed by atoms with van der Waals surface area (Å²) in [5.74, 6) is 0. The number of likely N-dealkylation sites (tertiary alicyclic amines) is 1. The summed E-state index contributed by atoms with van der Waals surface area (Å²) in [5.41, 5.74) is 1.10. The molecular weight excluding hydrogens is 288 g/mol. The third kappa shape index (κ3) is 3.80. The summed E-state index contributed by atoms with van der Waals surface area (Å²) < 4.78 is 5.54. The highest BCUT2D eigenvalue weighted by Gasteiger charge is 2.43. The Morgan fingerprint density at radius 1 is 1.09 bits per heavy atom. The monoisotopic (exact) mass is 316 g/mol. The van der Waals surface area contributed by atoms with Crippen LogP contribution in [0.1, 0.15) is 40.0 Å². The zero-order valence-corrected chi connectivity index (χ0v) is 14.5. The zero-order chi connectivity index (χ0) is 16.5. The van der Waals surface area contributed by atoms with E-state index < -0.39 is 5.60 Å². The fourth-order valence-electron chi connectivity index (χ4n) is 3.82. The van der Waals surface area contributed by atoms with Crippen LogP contribution in [0.25, 0.3) is 0 Å². The smallest absolute Gasteiger partial charge is 0.410 e. The van der Waals surface area contributed by atoms with Crippen molar-refractivity contribution in [3.63, 3.8) is 0 Å². The van der Waals surface area contributed by atoms with Gasteiger partial charge in [0.2, 0.25) is 0 Å². The number of benzene rings is 1. The fraction of sp³-hybridized carbons (Fsp3) is 0.632. The molecule has 0 aromatic heterocycles. The fourth-order valence-corrected chi connectivity index (χ4v) is 3.82. The van der Waals surface area contributed by atoms with Gasteiger partial charge in [0.25, 0.3) is 0 Å². The highest BCUT2D eigenvalue weighted by atomic mass is 16.6. The lowest BCUT2D eigenvalue weighted by Gasteiger charge is -2.41. The van der Waals surface area contributed by atoms with E-state index in [0.29, 0.717) is 0 Å². The van der Waals surface area contributed by atoms with Gasteiger partial charge in [0, 0.05) is 37.3 Å². The van der Waals surface area contributed by atoms with Gasteiger partial charge in [0.1, 0.15) is 5.60 Å². The third-order valence-electron chi connectivity index (χ3n) is 4.87. The van der Waals surface area contributed by atoms with Crippen molar-refractivity contribution in [3.8, 4) is 0 Å². The van der Waals surface area contributed by atoms with Crippen molar-refractivity contribution < 1.29 is 9.53 Å². The average molecular weight is 316 g/mol. The van der Waals surface area contributed by atoms with E-state index in [1.165, 1.54) is 18.5 Å². The molecule has 0 radical (unpaired) electrons. The highest BCUT2D eigenvalue weighted by molar-refractivity contribution is 5.68. The van der Waals surface area contributed by atoms with E-state index in [4.69, 9.17) is 4.74 Å². The van der Waals surface area contributed by atoms with Crippen LogP contribution in [0.4, 0.5) is 10.5 Å². The Morgan fingerprint density at radius 2 is 1.83 bits per heavy atom. The van der Waals surface area contributed by atoms with Crippen LogP contribution in [0.5, 0.6) is 0 Å². The molecule has 2 saturated heterocycles. The number of nitrogens with zero attached hydrogens (tertiary/aromatic N) is 2. The van der Waals surface area contributed by atoms with Crippen LogP contribution in [0.2, 0.25) is 0 Å². The van der Waals surface area contributed by atoms with Gasteiger partial charge >= 0.3 is 6.09 Å². The number of hydrogen-bond donors (Lipinski definition) is 0. The van der Waals surface area contributed by atoms with Crippen LogP contribution in [-0.4, -0.2) is 42.8 Å². The Kier molecular flexibility index (Phi) is 4.26. The lowest BCUT2D eigenvalue weighted by Crippen LogP contribution is -2.46. The summed E-state index contributed by atoms with van der Waals surface area (Å²) in [6.45, 7) is 9.56. The Labute approximate surface area is 139 Å². The molecule has 1 aromatic rings. The first-order valence-electron chi connectivity index (χ1n) is 8.65. The highest BCUT2D eigenvalue weighted by Crippen LogP contribution is 2.40.